The molecule has 1 aromatic heterocycles. The average Bonchev–Trinajstić information content (AvgIpc) is 2.53. The molecule has 0 unspecified atom stereocenters. The Morgan fingerprint density at radius 1 is 1.18 bits per heavy atom. The molecule has 1 heterocycles. The van der Waals surface area contributed by atoms with Crippen molar-refractivity contribution in [2.75, 3.05) is 7.11 Å². The number of nitrogens with zero attached hydrogens (tertiary/aromatic N) is 2. The van der Waals surface area contributed by atoms with Gasteiger partial charge in [0.1, 0.15) is 11.8 Å². The fraction of sp³-hybridized carbons (Fsp3) is 0.0588. The lowest BCUT2D eigenvalue weighted by atomic mass is 9.98. The molecule has 108 valence electrons. The maximum Gasteiger partial charge on any atom is 0.127 e. The van der Waals surface area contributed by atoms with Gasteiger partial charge in [0.25, 0.3) is 0 Å². The second-order valence-corrected chi connectivity index (χ2v) is 6.83. The number of fused-ring (bicyclic) bond motifs is 1. The minimum atomic E-state index is 0.615. The summed E-state index contributed by atoms with van der Waals surface area (Å²) in [5, 5.41) is 10.5. The van der Waals surface area contributed by atoms with Gasteiger partial charge in [0.2, 0.25) is 0 Å². The summed E-state index contributed by atoms with van der Waals surface area (Å²) in [5.41, 5.74) is 3.07. The number of aromatic nitrogens is 1. The van der Waals surface area contributed by atoms with Crippen LogP contribution in [0.25, 0.3) is 22.0 Å². The molecule has 0 saturated carbocycles. The zero-order valence-electron chi connectivity index (χ0n) is 11.6. The van der Waals surface area contributed by atoms with Gasteiger partial charge < -0.3 is 4.74 Å². The van der Waals surface area contributed by atoms with Crippen LogP contribution in [-0.2, 0) is 0 Å². The third-order valence-corrected chi connectivity index (χ3v) is 4.56. The van der Waals surface area contributed by atoms with Crippen molar-refractivity contribution in [1.29, 1.82) is 5.26 Å². The molecule has 0 bridgehead atoms. The van der Waals surface area contributed by atoms with Crippen molar-refractivity contribution >= 4 is 49.4 Å². The first-order valence-corrected chi connectivity index (χ1v) is 8.33. The number of ether oxygens (including phenoxy) is 1. The van der Waals surface area contributed by atoms with Crippen molar-refractivity contribution in [1.82, 2.24) is 4.98 Å². The van der Waals surface area contributed by atoms with Crippen molar-refractivity contribution in [3.63, 3.8) is 0 Å². The predicted molar refractivity (Wildman–Crippen MR) is 98.9 cm³/mol. The highest BCUT2D eigenvalue weighted by Crippen LogP contribution is 2.36. The summed E-state index contributed by atoms with van der Waals surface area (Å²) >= 11 is 5.67. The lowest BCUT2D eigenvalue weighted by molar-refractivity contribution is 0.416. The maximum atomic E-state index is 9.66. The lowest BCUT2D eigenvalue weighted by Crippen LogP contribution is -1.94. The van der Waals surface area contributed by atoms with Gasteiger partial charge >= 0.3 is 0 Å². The van der Waals surface area contributed by atoms with Gasteiger partial charge in [0, 0.05) is 30.8 Å². The Morgan fingerprint density at radius 3 is 2.73 bits per heavy atom. The van der Waals surface area contributed by atoms with Gasteiger partial charge in [-0.3, -0.25) is 4.98 Å². The number of halogens is 2. The summed E-state index contributed by atoms with van der Waals surface area (Å²) in [7, 11) is 1.62. The molecule has 0 atom stereocenters. The van der Waals surface area contributed by atoms with Crippen molar-refractivity contribution in [3.8, 4) is 22.9 Å². The molecular formula is C17H10BrIN2O. The zero-order valence-corrected chi connectivity index (χ0v) is 15.3. The van der Waals surface area contributed by atoms with Crippen LogP contribution in [0, 0.1) is 14.9 Å². The number of benzene rings is 2. The Labute approximate surface area is 150 Å². The standard InChI is InChI=1S/C17H10BrIN2O/c1-22-17-6-10(18)2-4-12(17)15-9-21-16-5-3-11(19)7-13(16)14(15)8-20/h2-7,9H,1H3. The highest BCUT2D eigenvalue weighted by Gasteiger charge is 2.14. The molecule has 0 aliphatic carbocycles. The highest BCUT2D eigenvalue weighted by molar-refractivity contribution is 14.1. The molecule has 0 aliphatic heterocycles. The zero-order chi connectivity index (χ0) is 15.7. The Kier molecular flexibility index (Phi) is 4.32. The summed E-state index contributed by atoms with van der Waals surface area (Å²) in [5.74, 6) is 0.706. The normalized spacial score (nSPS) is 10.5. The largest absolute Gasteiger partial charge is 0.496 e. The van der Waals surface area contributed by atoms with Gasteiger partial charge in [-0.15, -0.1) is 0 Å². The van der Waals surface area contributed by atoms with E-state index in [1.165, 1.54) is 0 Å². The first-order chi connectivity index (χ1) is 10.6. The van der Waals surface area contributed by atoms with Crippen LogP contribution < -0.4 is 4.74 Å². The van der Waals surface area contributed by atoms with Gasteiger partial charge in [0.05, 0.1) is 18.2 Å². The first-order valence-electron chi connectivity index (χ1n) is 6.46. The van der Waals surface area contributed by atoms with E-state index in [4.69, 9.17) is 4.74 Å². The van der Waals surface area contributed by atoms with E-state index >= 15 is 0 Å². The van der Waals surface area contributed by atoms with E-state index in [9.17, 15) is 5.26 Å². The maximum absolute atomic E-state index is 9.66. The van der Waals surface area contributed by atoms with Crippen molar-refractivity contribution in [2.24, 2.45) is 0 Å². The number of hydrogen-bond donors (Lipinski definition) is 0. The van der Waals surface area contributed by atoms with E-state index in [2.05, 4.69) is 49.6 Å². The number of hydrogen-bond acceptors (Lipinski definition) is 3. The second-order valence-electron chi connectivity index (χ2n) is 4.66. The number of methoxy groups -OCH3 is 1. The minimum Gasteiger partial charge on any atom is -0.496 e. The van der Waals surface area contributed by atoms with E-state index in [0.29, 0.717) is 11.3 Å². The minimum absolute atomic E-state index is 0.615. The second kappa shape index (κ2) is 6.23. The third-order valence-electron chi connectivity index (χ3n) is 3.40. The predicted octanol–water partition coefficient (Wildman–Crippen LogP) is 5.15. The van der Waals surface area contributed by atoms with Crippen LogP contribution in [-0.4, -0.2) is 12.1 Å². The summed E-state index contributed by atoms with van der Waals surface area (Å²) in [6.45, 7) is 0. The molecule has 0 radical (unpaired) electrons. The van der Waals surface area contributed by atoms with E-state index in [1.807, 2.05) is 36.4 Å². The van der Waals surface area contributed by atoms with E-state index in [1.54, 1.807) is 13.3 Å². The smallest absolute Gasteiger partial charge is 0.127 e. The van der Waals surface area contributed by atoms with Gasteiger partial charge in [-0.2, -0.15) is 5.26 Å². The Balaban J connectivity index is 2.35. The highest BCUT2D eigenvalue weighted by atomic mass is 127. The number of nitriles is 1. The van der Waals surface area contributed by atoms with E-state index < -0.39 is 0 Å². The van der Waals surface area contributed by atoms with Crippen LogP contribution in [0.15, 0.2) is 47.1 Å². The number of rotatable bonds is 2. The molecule has 3 nitrogen and oxygen atoms in total. The molecule has 3 aromatic rings. The fourth-order valence-corrected chi connectivity index (χ4v) is 3.21. The molecule has 3 rings (SSSR count). The monoisotopic (exact) mass is 464 g/mol. The Hall–Kier alpha value is -1.65. The Bertz CT molecular complexity index is 918. The summed E-state index contributed by atoms with van der Waals surface area (Å²) in [6, 6.07) is 14.0. The summed E-state index contributed by atoms with van der Waals surface area (Å²) in [6.07, 6.45) is 1.74. The quantitative estimate of drug-likeness (QED) is 0.493. The van der Waals surface area contributed by atoms with Crippen LogP contribution >= 0.6 is 38.5 Å². The van der Waals surface area contributed by atoms with Gasteiger partial charge in [-0.25, -0.2) is 0 Å². The molecule has 0 fully saturated rings. The summed E-state index contributed by atoms with van der Waals surface area (Å²) < 4.78 is 7.45. The Morgan fingerprint density at radius 2 is 2.00 bits per heavy atom. The van der Waals surface area contributed by atoms with Crippen LogP contribution in [0.1, 0.15) is 5.56 Å². The SMILES string of the molecule is COc1cc(Br)ccc1-c1cnc2ccc(I)cc2c1C#N. The molecule has 2 aromatic carbocycles. The van der Waals surface area contributed by atoms with Crippen LogP contribution in [0.4, 0.5) is 0 Å². The average molecular weight is 465 g/mol. The molecular weight excluding hydrogens is 455 g/mol. The van der Waals surface area contributed by atoms with Gasteiger partial charge in [0.15, 0.2) is 0 Å². The van der Waals surface area contributed by atoms with Gasteiger partial charge in [-0.1, -0.05) is 15.9 Å². The molecule has 22 heavy (non-hydrogen) atoms. The summed E-state index contributed by atoms with van der Waals surface area (Å²) in [4.78, 5) is 4.48. The topological polar surface area (TPSA) is 45.9 Å². The van der Waals surface area contributed by atoms with Crippen LogP contribution in [0.2, 0.25) is 0 Å². The van der Waals surface area contributed by atoms with Gasteiger partial charge in [-0.05, 0) is 59.0 Å². The molecule has 0 amide bonds. The van der Waals surface area contributed by atoms with Crippen LogP contribution in [0.3, 0.4) is 0 Å². The molecule has 0 aliphatic rings. The van der Waals surface area contributed by atoms with Crippen molar-refractivity contribution < 1.29 is 4.74 Å². The van der Waals surface area contributed by atoms with Crippen molar-refractivity contribution in [3.05, 3.63) is 56.2 Å². The van der Waals surface area contributed by atoms with E-state index in [0.717, 1.165) is 30.1 Å². The third kappa shape index (κ3) is 2.69. The van der Waals surface area contributed by atoms with Crippen molar-refractivity contribution in [2.45, 2.75) is 0 Å². The molecule has 0 saturated heterocycles. The lowest BCUT2D eigenvalue weighted by Gasteiger charge is -2.12. The molecule has 0 N–H and O–H groups in total. The first kappa shape index (κ1) is 15.3. The molecule has 0 spiro atoms. The fourth-order valence-electron chi connectivity index (χ4n) is 2.38. The molecule has 5 heteroatoms. The van der Waals surface area contributed by atoms with Crippen LogP contribution in [0.5, 0.6) is 5.75 Å². The number of pyridine rings is 1. The van der Waals surface area contributed by atoms with E-state index in [-0.39, 0.29) is 0 Å².